The lowest BCUT2D eigenvalue weighted by Crippen LogP contribution is -2.39. The van der Waals surface area contributed by atoms with Crippen molar-refractivity contribution in [3.63, 3.8) is 0 Å². The van der Waals surface area contributed by atoms with Crippen molar-refractivity contribution in [2.75, 3.05) is 18.5 Å². The van der Waals surface area contributed by atoms with Gasteiger partial charge in [-0.1, -0.05) is 0 Å². The van der Waals surface area contributed by atoms with Gasteiger partial charge in [-0.05, 0) is 24.6 Å². The lowest BCUT2D eigenvalue weighted by Gasteiger charge is -2.26. The Labute approximate surface area is 109 Å². The van der Waals surface area contributed by atoms with Crippen molar-refractivity contribution >= 4 is 16.6 Å². The predicted octanol–water partition coefficient (Wildman–Crippen LogP) is 2.79. The van der Waals surface area contributed by atoms with Crippen LogP contribution in [-0.2, 0) is 4.74 Å². The van der Waals surface area contributed by atoms with Gasteiger partial charge >= 0.3 is 0 Å². The van der Waals surface area contributed by atoms with Crippen LogP contribution in [0.1, 0.15) is 12.8 Å². The maximum absolute atomic E-state index is 13.9. The van der Waals surface area contributed by atoms with Crippen LogP contribution in [0.4, 0.5) is 14.5 Å². The van der Waals surface area contributed by atoms with Gasteiger partial charge in [0.15, 0.2) is 0 Å². The number of fused-ring (bicyclic) bond motifs is 1. The molecule has 0 radical (unpaired) electrons. The number of aromatic nitrogens is 2. The molecule has 0 bridgehead atoms. The molecule has 1 aliphatic rings. The summed E-state index contributed by atoms with van der Waals surface area (Å²) in [6.45, 7) is 0.479. The van der Waals surface area contributed by atoms with E-state index < -0.39 is 12.0 Å². The number of hydrogen-bond acceptors (Lipinski definition) is 3. The molecule has 1 aliphatic heterocycles. The second-order valence-corrected chi connectivity index (χ2v) is 4.78. The molecule has 102 valence electrons. The number of hydrogen-bond donors (Lipinski definition) is 2. The van der Waals surface area contributed by atoms with E-state index in [0.717, 1.165) is 10.9 Å². The number of H-pyrrole nitrogens is 1. The number of nitrogens with zero attached hydrogens (tertiary/aromatic N) is 1. The van der Waals surface area contributed by atoms with Crippen molar-refractivity contribution in [1.29, 1.82) is 0 Å². The van der Waals surface area contributed by atoms with Crippen LogP contribution < -0.4 is 5.32 Å². The van der Waals surface area contributed by atoms with E-state index in [-0.39, 0.29) is 13.0 Å². The summed E-state index contributed by atoms with van der Waals surface area (Å²) in [6, 6.07) is 4.54. The summed E-state index contributed by atoms with van der Waals surface area (Å²) in [7, 11) is 0. The van der Waals surface area contributed by atoms with Crippen LogP contribution in [0.25, 0.3) is 10.9 Å². The van der Waals surface area contributed by atoms with Gasteiger partial charge in [-0.15, -0.1) is 0 Å². The summed E-state index contributed by atoms with van der Waals surface area (Å²) in [4.78, 5) is 0. The SMILES string of the molecule is FC1(F)CCOCCC1Nc1ccc2[nH]ncc2c1. The van der Waals surface area contributed by atoms with Crippen LogP contribution in [0.3, 0.4) is 0 Å². The summed E-state index contributed by atoms with van der Waals surface area (Å²) < 4.78 is 32.9. The second kappa shape index (κ2) is 4.77. The fourth-order valence-electron chi connectivity index (χ4n) is 2.31. The van der Waals surface area contributed by atoms with Gasteiger partial charge in [0.05, 0.1) is 24.4 Å². The van der Waals surface area contributed by atoms with Crippen LogP contribution in [0, 0.1) is 0 Å². The first-order chi connectivity index (χ1) is 9.15. The molecule has 19 heavy (non-hydrogen) atoms. The number of rotatable bonds is 2. The smallest absolute Gasteiger partial charge is 0.270 e. The zero-order valence-electron chi connectivity index (χ0n) is 10.3. The van der Waals surface area contributed by atoms with Gasteiger partial charge in [-0.3, -0.25) is 5.10 Å². The van der Waals surface area contributed by atoms with Crippen molar-refractivity contribution in [3.8, 4) is 0 Å². The number of benzene rings is 1. The van der Waals surface area contributed by atoms with Crippen LogP contribution in [-0.4, -0.2) is 35.4 Å². The summed E-state index contributed by atoms with van der Waals surface area (Å²) in [5.74, 6) is -2.75. The first-order valence-corrected chi connectivity index (χ1v) is 6.30. The molecule has 1 aromatic carbocycles. The Balaban J connectivity index is 1.82. The molecule has 1 unspecified atom stereocenters. The third-order valence-corrected chi connectivity index (χ3v) is 3.42. The van der Waals surface area contributed by atoms with Gasteiger partial charge in [-0.25, -0.2) is 8.78 Å². The first kappa shape index (κ1) is 12.3. The fraction of sp³-hybridized carbons (Fsp3) is 0.462. The third-order valence-electron chi connectivity index (χ3n) is 3.42. The molecule has 6 heteroatoms. The highest BCUT2D eigenvalue weighted by Gasteiger charge is 2.40. The van der Waals surface area contributed by atoms with E-state index in [1.165, 1.54) is 0 Å². The summed E-state index contributed by atoms with van der Waals surface area (Å²) in [5.41, 5.74) is 1.57. The normalized spacial score (nSPS) is 23.2. The number of ether oxygens (including phenoxy) is 1. The molecule has 2 aromatic rings. The molecule has 1 aromatic heterocycles. The van der Waals surface area contributed by atoms with Gasteiger partial charge in [-0.2, -0.15) is 5.10 Å². The highest BCUT2D eigenvalue weighted by molar-refractivity contribution is 5.81. The Morgan fingerprint density at radius 2 is 2.26 bits per heavy atom. The highest BCUT2D eigenvalue weighted by Crippen LogP contribution is 2.30. The molecule has 1 fully saturated rings. The summed E-state index contributed by atoms with van der Waals surface area (Å²) >= 11 is 0. The fourth-order valence-corrected chi connectivity index (χ4v) is 2.31. The maximum atomic E-state index is 13.9. The maximum Gasteiger partial charge on any atom is 0.270 e. The molecular weight excluding hydrogens is 252 g/mol. The summed E-state index contributed by atoms with van der Waals surface area (Å²) in [5, 5.41) is 10.6. The van der Waals surface area contributed by atoms with Gasteiger partial charge in [0.25, 0.3) is 5.92 Å². The van der Waals surface area contributed by atoms with Crippen LogP contribution in [0.5, 0.6) is 0 Å². The number of halogens is 2. The Kier molecular flexibility index (Phi) is 3.10. The van der Waals surface area contributed by atoms with Crippen LogP contribution >= 0.6 is 0 Å². The molecule has 2 N–H and O–H groups in total. The largest absolute Gasteiger partial charge is 0.381 e. The second-order valence-electron chi connectivity index (χ2n) is 4.78. The van der Waals surface area contributed by atoms with Gasteiger partial charge in [0.2, 0.25) is 0 Å². The Bertz CT molecular complexity index is 570. The zero-order chi connectivity index (χ0) is 13.3. The highest BCUT2D eigenvalue weighted by atomic mass is 19.3. The van der Waals surface area contributed by atoms with E-state index >= 15 is 0 Å². The minimum absolute atomic E-state index is 0.117. The monoisotopic (exact) mass is 267 g/mol. The van der Waals surface area contributed by atoms with Crippen molar-refractivity contribution in [2.45, 2.75) is 24.8 Å². The molecule has 0 aliphatic carbocycles. The quantitative estimate of drug-likeness (QED) is 0.879. The molecule has 1 saturated heterocycles. The third kappa shape index (κ3) is 2.53. The molecule has 1 atom stereocenters. The number of nitrogens with one attached hydrogen (secondary N) is 2. The minimum atomic E-state index is -2.75. The Morgan fingerprint density at radius 1 is 1.37 bits per heavy atom. The van der Waals surface area contributed by atoms with Gasteiger partial charge in [0.1, 0.15) is 0 Å². The lowest BCUT2D eigenvalue weighted by atomic mass is 10.0. The molecule has 4 nitrogen and oxygen atoms in total. The van der Waals surface area contributed by atoms with Gasteiger partial charge < -0.3 is 10.1 Å². The number of aromatic amines is 1. The molecule has 0 saturated carbocycles. The number of alkyl halides is 2. The topological polar surface area (TPSA) is 49.9 Å². The van der Waals surface area contributed by atoms with E-state index in [1.54, 1.807) is 12.3 Å². The van der Waals surface area contributed by atoms with E-state index in [9.17, 15) is 8.78 Å². The minimum Gasteiger partial charge on any atom is -0.381 e. The Hall–Kier alpha value is -1.69. The van der Waals surface area contributed by atoms with Crippen molar-refractivity contribution < 1.29 is 13.5 Å². The molecule has 3 rings (SSSR count). The van der Waals surface area contributed by atoms with Crippen molar-refractivity contribution in [1.82, 2.24) is 10.2 Å². The Morgan fingerprint density at radius 3 is 3.16 bits per heavy atom. The standard InChI is InChI=1S/C13H15F2N3O/c14-13(15)4-6-19-5-3-12(13)17-10-1-2-11-9(7-10)8-16-18-11/h1-2,7-8,12,17H,3-6H2,(H,16,18). The van der Waals surface area contributed by atoms with E-state index in [4.69, 9.17) is 4.74 Å². The summed E-state index contributed by atoms with van der Waals surface area (Å²) in [6.07, 6.45) is 1.74. The predicted molar refractivity (Wildman–Crippen MR) is 68.5 cm³/mol. The average molecular weight is 267 g/mol. The number of anilines is 1. The molecular formula is C13H15F2N3O. The van der Waals surface area contributed by atoms with Crippen molar-refractivity contribution in [2.24, 2.45) is 0 Å². The van der Waals surface area contributed by atoms with Gasteiger partial charge in [0, 0.05) is 24.1 Å². The molecule has 0 amide bonds. The van der Waals surface area contributed by atoms with E-state index in [0.29, 0.717) is 18.7 Å². The zero-order valence-corrected chi connectivity index (χ0v) is 10.3. The lowest BCUT2D eigenvalue weighted by molar-refractivity contribution is -0.0275. The van der Waals surface area contributed by atoms with E-state index in [1.807, 2.05) is 12.1 Å². The van der Waals surface area contributed by atoms with Crippen molar-refractivity contribution in [3.05, 3.63) is 24.4 Å². The first-order valence-electron chi connectivity index (χ1n) is 6.30. The average Bonchev–Trinajstić information content (AvgIpc) is 2.77. The van der Waals surface area contributed by atoms with Crippen LogP contribution in [0.15, 0.2) is 24.4 Å². The molecule has 0 spiro atoms. The molecule has 2 heterocycles. The van der Waals surface area contributed by atoms with E-state index in [2.05, 4.69) is 15.5 Å². The van der Waals surface area contributed by atoms with Crippen LogP contribution in [0.2, 0.25) is 0 Å².